The summed E-state index contributed by atoms with van der Waals surface area (Å²) in [6.07, 6.45) is 0. The first-order chi connectivity index (χ1) is 11.5. The number of benzene rings is 2. The number of amides is 2. The molecule has 0 saturated carbocycles. The third-order valence-electron chi connectivity index (χ3n) is 3.08. The molecule has 2 amide bonds. The van der Waals surface area contributed by atoms with Crippen LogP contribution in [0.15, 0.2) is 42.5 Å². The molecule has 0 fully saturated rings. The number of halogens is 1. The smallest absolute Gasteiger partial charge is 0.338 e. The summed E-state index contributed by atoms with van der Waals surface area (Å²) < 4.78 is 9.94. The molecule has 0 heterocycles. The predicted molar refractivity (Wildman–Crippen MR) is 93.0 cm³/mol. The molecule has 0 atom stereocenters. The second-order valence-corrected chi connectivity index (χ2v) is 5.13. The van der Waals surface area contributed by atoms with Gasteiger partial charge in [0.15, 0.2) is 0 Å². The van der Waals surface area contributed by atoms with Crippen molar-refractivity contribution in [2.75, 3.05) is 24.4 Å². The molecule has 24 heavy (non-hydrogen) atoms. The molecule has 0 saturated heterocycles. The summed E-state index contributed by atoms with van der Waals surface area (Å²) in [5.41, 5.74) is 1.41. The van der Waals surface area contributed by atoms with Crippen molar-refractivity contribution < 1.29 is 19.1 Å². The van der Waals surface area contributed by atoms with Gasteiger partial charge in [-0.25, -0.2) is 9.59 Å². The van der Waals surface area contributed by atoms with E-state index in [1.54, 1.807) is 49.4 Å². The lowest BCUT2D eigenvalue weighted by atomic mass is 10.2. The van der Waals surface area contributed by atoms with Gasteiger partial charge in [-0.15, -0.1) is 0 Å². The average molecular weight is 349 g/mol. The quantitative estimate of drug-likeness (QED) is 0.795. The molecule has 2 rings (SSSR count). The van der Waals surface area contributed by atoms with Gasteiger partial charge in [-0.05, 0) is 43.3 Å². The van der Waals surface area contributed by atoms with E-state index in [9.17, 15) is 9.59 Å². The van der Waals surface area contributed by atoms with Gasteiger partial charge in [0.25, 0.3) is 0 Å². The highest BCUT2D eigenvalue weighted by Gasteiger charge is 2.09. The number of rotatable bonds is 5. The summed E-state index contributed by atoms with van der Waals surface area (Å²) in [4.78, 5) is 23.6. The van der Waals surface area contributed by atoms with E-state index in [0.717, 1.165) is 0 Å². The highest BCUT2D eigenvalue weighted by Crippen LogP contribution is 2.26. The largest absolute Gasteiger partial charge is 0.497 e. The topological polar surface area (TPSA) is 76.7 Å². The number of hydrogen-bond donors (Lipinski definition) is 2. The summed E-state index contributed by atoms with van der Waals surface area (Å²) in [6.45, 7) is 2.05. The molecule has 0 spiro atoms. The summed E-state index contributed by atoms with van der Waals surface area (Å²) in [7, 11) is 1.53. The Labute approximate surface area is 144 Å². The Balaban J connectivity index is 1.98. The van der Waals surface area contributed by atoms with Crippen LogP contribution in [0.5, 0.6) is 5.75 Å². The maximum Gasteiger partial charge on any atom is 0.338 e. The number of methoxy groups -OCH3 is 1. The van der Waals surface area contributed by atoms with E-state index >= 15 is 0 Å². The van der Waals surface area contributed by atoms with Gasteiger partial charge in [0.1, 0.15) is 5.75 Å². The number of hydrogen-bond acceptors (Lipinski definition) is 4. The molecule has 0 aliphatic heterocycles. The molecular formula is C17H17ClN2O4. The third-order valence-corrected chi connectivity index (χ3v) is 3.39. The van der Waals surface area contributed by atoms with E-state index in [1.807, 2.05) is 0 Å². The summed E-state index contributed by atoms with van der Waals surface area (Å²) in [5.74, 6) is 0.194. The zero-order chi connectivity index (χ0) is 17.5. The number of anilines is 2. The van der Waals surface area contributed by atoms with Gasteiger partial charge in [-0.1, -0.05) is 11.6 Å². The summed E-state index contributed by atoms with van der Waals surface area (Å²) in [6, 6.07) is 10.9. The third kappa shape index (κ3) is 4.63. The van der Waals surface area contributed by atoms with Gasteiger partial charge < -0.3 is 20.1 Å². The minimum atomic E-state index is -0.453. The van der Waals surface area contributed by atoms with Gasteiger partial charge in [-0.3, -0.25) is 0 Å². The standard InChI is InChI=1S/C17H17ClN2O4/c1-3-24-16(21)11-4-6-12(7-5-11)19-17(22)20-15-9-8-13(23-2)10-14(15)18/h4-10H,3H2,1-2H3,(H2,19,20,22). The number of carbonyl (C=O) groups is 2. The predicted octanol–water partition coefficient (Wildman–Crippen LogP) is 4.17. The second kappa shape index (κ2) is 8.21. The van der Waals surface area contributed by atoms with Gasteiger partial charge in [0.2, 0.25) is 0 Å². The normalized spacial score (nSPS) is 9.96. The minimum absolute atomic E-state index is 0.309. The minimum Gasteiger partial charge on any atom is -0.497 e. The average Bonchev–Trinajstić information content (AvgIpc) is 2.57. The van der Waals surface area contributed by atoms with E-state index in [1.165, 1.54) is 7.11 Å². The van der Waals surface area contributed by atoms with E-state index < -0.39 is 12.0 Å². The number of esters is 1. The molecule has 0 bridgehead atoms. The van der Waals surface area contributed by atoms with E-state index in [4.69, 9.17) is 21.1 Å². The van der Waals surface area contributed by atoms with Crippen molar-refractivity contribution in [1.82, 2.24) is 0 Å². The molecule has 2 aromatic carbocycles. The van der Waals surface area contributed by atoms with Crippen molar-refractivity contribution in [2.24, 2.45) is 0 Å². The van der Waals surface area contributed by atoms with Gasteiger partial charge in [0, 0.05) is 11.8 Å². The molecule has 0 radical (unpaired) electrons. The highest BCUT2D eigenvalue weighted by atomic mass is 35.5. The maximum absolute atomic E-state index is 12.0. The van der Waals surface area contributed by atoms with Gasteiger partial charge in [0.05, 0.1) is 30.0 Å². The Kier molecular flexibility index (Phi) is 6.03. The maximum atomic E-state index is 12.0. The Morgan fingerprint density at radius 3 is 2.38 bits per heavy atom. The first-order valence-corrected chi connectivity index (χ1v) is 7.60. The van der Waals surface area contributed by atoms with Gasteiger partial charge in [-0.2, -0.15) is 0 Å². The molecule has 126 valence electrons. The van der Waals surface area contributed by atoms with Crippen molar-refractivity contribution in [1.29, 1.82) is 0 Å². The van der Waals surface area contributed by atoms with Crippen molar-refractivity contribution >= 4 is 35.0 Å². The Morgan fingerprint density at radius 1 is 1.08 bits per heavy atom. The molecule has 0 aliphatic rings. The van der Waals surface area contributed by atoms with Crippen LogP contribution in [0.2, 0.25) is 5.02 Å². The van der Waals surface area contributed by atoms with Crippen molar-refractivity contribution in [2.45, 2.75) is 6.92 Å². The molecular weight excluding hydrogens is 332 g/mol. The van der Waals surface area contributed by atoms with Crippen LogP contribution in [0.1, 0.15) is 17.3 Å². The van der Waals surface area contributed by atoms with Crippen molar-refractivity contribution in [3.63, 3.8) is 0 Å². The second-order valence-electron chi connectivity index (χ2n) is 4.72. The van der Waals surface area contributed by atoms with Crippen LogP contribution in [-0.2, 0) is 4.74 Å². The monoisotopic (exact) mass is 348 g/mol. The lowest BCUT2D eigenvalue weighted by Gasteiger charge is -2.10. The zero-order valence-electron chi connectivity index (χ0n) is 13.3. The SMILES string of the molecule is CCOC(=O)c1ccc(NC(=O)Nc2ccc(OC)cc2Cl)cc1. The lowest BCUT2D eigenvalue weighted by molar-refractivity contribution is 0.0526. The molecule has 0 aromatic heterocycles. The van der Waals surface area contributed by atoms with Crippen LogP contribution in [0, 0.1) is 0 Å². The molecule has 6 nitrogen and oxygen atoms in total. The van der Waals surface area contributed by atoms with Crippen LogP contribution < -0.4 is 15.4 Å². The van der Waals surface area contributed by atoms with Crippen LogP contribution in [0.3, 0.4) is 0 Å². The molecule has 0 aliphatic carbocycles. The van der Waals surface area contributed by atoms with Crippen LogP contribution >= 0.6 is 11.6 Å². The van der Waals surface area contributed by atoms with Crippen LogP contribution in [-0.4, -0.2) is 25.7 Å². The molecule has 0 unspecified atom stereocenters. The molecule has 2 aromatic rings. The summed E-state index contributed by atoms with van der Waals surface area (Å²) >= 11 is 6.07. The molecule has 2 N–H and O–H groups in total. The zero-order valence-corrected chi connectivity index (χ0v) is 14.0. The lowest BCUT2D eigenvalue weighted by Crippen LogP contribution is -2.19. The van der Waals surface area contributed by atoms with E-state index in [2.05, 4.69) is 10.6 Å². The van der Waals surface area contributed by atoms with Crippen LogP contribution in [0.4, 0.5) is 16.2 Å². The van der Waals surface area contributed by atoms with Crippen LogP contribution in [0.25, 0.3) is 0 Å². The fourth-order valence-corrected chi connectivity index (χ4v) is 2.13. The Morgan fingerprint density at radius 2 is 1.79 bits per heavy atom. The first-order valence-electron chi connectivity index (χ1n) is 7.22. The number of nitrogens with one attached hydrogen (secondary N) is 2. The number of carbonyl (C=O) groups excluding carboxylic acids is 2. The Hall–Kier alpha value is -2.73. The first kappa shape index (κ1) is 17.6. The fraction of sp³-hybridized carbons (Fsp3) is 0.176. The Bertz CT molecular complexity index is 732. The highest BCUT2D eigenvalue weighted by molar-refractivity contribution is 6.34. The van der Waals surface area contributed by atoms with Crippen molar-refractivity contribution in [3.05, 3.63) is 53.1 Å². The van der Waals surface area contributed by atoms with E-state index in [-0.39, 0.29) is 0 Å². The molecule has 7 heteroatoms. The summed E-state index contributed by atoms with van der Waals surface area (Å²) in [5, 5.41) is 5.65. The van der Waals surface area contributed by atoms with Gasteiger partial charge >= 0.3 is 12.0 Å². The number of urea groups is 1. The van der Waals surface area contributed by atoms with E-state index in [0.29, 0.717) is 34.3 Å². The number of ether oxygens (including phenoxy) is 2. The van der Waals surface area contributed by atoms with Crippen molar-refractivity contribution in [3.8, 4) is 5.75 Å². The fourth-order valence-electron chi connectivity index (χ4n) is 1.91.